The molecule has 29 heavy (non-hydrogen) atoms. The van der Waals surface area contributed by atoms with Gasteiger partial charge in [0.1, 0.15) is 5.52 Å². The molecule has 0 unspecified atom stereocenters. The van der Waals surface area contributed by atoms with Crippen LogP contribution in [0.1, 0.15) is 0 Å². The van der Waals surface area contributed by atoms with E-state index in [0.717, 1.165) is 44.2 Å². The van der Waals surface area contributed by atoms with Crippen molar-refractivity contribution in [3.05, 3.63) is 97.1 Å². The Morgan fingerprint density at radius 1 is 0.517 bits per heavy atom. The molecule has 2 heterocycles. The minimum atomic E-state index is 0.900. The molecule has 0 spiro atoms. The van der Waals surface area contributed by atoms with Crippen LogP contribution in [0.5, 0.6) is 0 Å². The van der Waals surface area contributed by atoms with Gasteiger partial charge >= 0.3 is 0 Å². The molecule has 0 amide bonds. The first kappa shape index (κ1) is 16.0. The van der Waals surface area contributed by atoms with E-state index in [1.807, 2.05) is 36.4 Å². The summed E-state index contributed by atoms with van der Waals surface area (Å²) in [7, 11) is 0. The fraction of sp³-hybridized carbons (Fsp3) is 0. The van der Waals surface area contributed by atoms with Crippen molar-refractivity contribution in [2.45, 2.75) is 0 Å². The molecule has 0 saturated carbocycles. The Morgan fingerprint density at radius 2 is 1.14 bits per heavy atom. The van der Waals surface area contributed by atoms with Crippen LogP contribution in [0.25, 0.3) is 55.4 Å². The molecule has 3 nitrogen and oxygen atoms in total. The van der Waals surface area contributed by atoms with Gasteiger partial charge in [-0.15, -0.1) is 0 Å². The minimum Gasteiger partial charge on any atom is -0.352 e. The van der Waals surface area contributed by atoms with Crippen LogP contribution >= 0.6 is 0 Å². The summed E-state index contributed by atoms with van der Waals surface area (Å²) in [5, 5.41) is 1.16. The van der Waals surface area contributed by atoms with E-state index in [1.165, 1.54) is 11.1 Å². The van der Waals surface area contributed by atoms with Crippen molar-refractivity contribution < 1.29 is 0 Å². The van der Waals surface area contributed by atoms with E-state index in [-0.39, 0.29) is 0 Å². The fourth-order valence-corrected chi connectivity index (χ4v) is 4.07. The van der Waals surface area contributed by atoms with Crippen LogP contribution in [0.3, 0.4) is 0 Å². The van der Waals surface area contributed by atoms with Gasteiger partial charge in [0.05, 0.1) is 27.8 Å². The van der Waals surface area contributed by atoms with Crippen LogP contribution in [0.2, 0.25) is 0 Å². The molecule has 0 bridgehead atoms. The molecule has 0 saturated heterocycles. The molecule has 6 aromatic rings. The Hall–Kier alpha value is -3.98. The van der Waals surface area contributed by atoms with Crippen molar-refractivity contribution in [1.29, 1.82) is 0 Å². The third kappa shape index (κ3) is 2.52. The van der Waals surface area contributed by atoms with Crippen molar-refractivity contribution in [1.82, 2.24) is 15.0 Å². The Balaban J connectivity index is 1.76. The summed E-state index contributed by atoms with van der Waals surface area (Å²) in [6.07, 6.45) is 0. The van der Waals surface area contributed by atoms with Crippen molar-refractivity contribution in [3.8, 4) is 22.4 Å². The summed E-state index contributed by atoms with van der Waals surface area (Å²) in [6, 6.07) is 33.2. The number of aromatic amines is 1. The molecule has 0 aliphatic rings. The van der Waals surface area contributed by atoms with E-state index >= 15 is 0 Å². The molecule has 1 N–H and O–H groups in total. The summed E-state index contributed by atoms with van der Waals surface area (Å²) in [6.45, 7) is 0. The number of aromatic nitrogens is 3. The summed E-state index contributed by atoms with van der Waals surface area (Å²) in [4.78, 5) is 13.5. The molecule has 136 valence electrons. The molecule has 0 atom stereocenters. The van der Waals surface area contributed by atoms with Gasteiger partial charge in [-0.2, -0.15) is 0 Å². The molecule has 4 aromatic carbocycles. The van der Waals surface area contributed by atoms with E-state index in [4.69, 9.17) is 9.97 Å². The number of para-hydroxylation sites is 2. The van der Waals surface area contributed by atoms with Crippen LogP contribution in [0.15, 0.2) is 97.1 Å². The lowest BCUT2D eigenvalue weighted by Crippen LogP contribution is -1.88. The normalized spacial score (nSPS) is 11.4. The minimum absolute atomic E-state index is 0.900. The SMILES string of the molecule is c1ccc(-c2[nH]c3c(ccc4nc5ccccc5nc43)c2-c2ccccc2)cc1. The second kappa shape index (κ2) is 6.28. The highest BCUT2D eigenvalue weighted by Gasteiger charge is 2.17. The molecular formula is C26H17N3. The van der Waals surface area contributed by atoms with Gasteiger partial charge in [0.2, 0.25) is 0 Å². The lowest BCUT2D eigenvalue weighted by Gasteiger charge is -2.06. The second-order valence-electron chi connectivity index (χ2n) is 7.18. The van der Waals surface area contributed by atoms with E-state index in [1.54, 1.807) is 0 Å². The zero-order chi connectivity index (χ0) is 19.2. The first-order chi connectivity index (χ1) is 14.4. The van der Waals surface area contributed by atoms with Crippen molar-refractivity contribution in [2.24, 2.45) is 0 Å². The zero-order valence-corrected chi connectivity index (χ0v) is 15.6. The number of hydrogen-bond acceptors (Lipinski definition) is 2. The largest absolute Gasteiger partial charge is 0.352 e. The predicted molar refractivity (Wildman–Crippen MR) is 120 cm³/mol. The summed E-state index contributed by atoms with van der Waals surface area (Å²) in [5.41, 5.74) is 9.30. The Bertz CT molecular complexity index is 1480. The van der Waals surface area contributed by atoms with Gasteiger partial charge in [-0.3, -0.25) is 0 Å². The van der Waals surface area contributed by atoms with Gasteiger partial charge < -0.3 is 4.98 Å². The summed E-state index contributed by atoms with van der Waals surface area (Å²) in [5.74, 6) is 0. The topological polar surface area (TPSA) is 41.6 Å². The van der Waals surface area contributed by atoms with Gasteiger partial charge in [-0.1, -0.05) is 72.8 Å². The first-order valence-corrected chi connectivity index (χ1v) is 9.70. The first-order valence-electron chi connectivity index (χ1n) is 9.70. The third-order valence-corrected chi connectivity index (χ3v) is 5.41. The predicted octanol–water partition coefficient (Wildman–Crippen LogP) is 6.60. The van der Waals surface area contributed by atoms with Crippen molar-refractivity contribution >= 4 is 33.0 Å². The number of benzene rings is 4. The number of H-pyrrole nitrogens is 1. The number of nitrogens with zero attached hydrogens (tertiary/aromatic N) is 2. The molecule has 6 rings (SSSR count). The van der Waals surface area contributed by atoms with E-state index in [9.17, 15) is 0 Å². The van der Waals surface area contributed by atoms with Gasteiger partial charge in [0, 0.05) is 10.9 Å². The summed E-state index contributed by atoms with van der Waals surface area (Å²) < 4.78 is 0. The fourth-order valence-electron chi connectivity index (χ4n) is 4.07. The molecule has 0 fully saturated rings. The Kier molecular flexibility index (Phi) is 3.47. The smallest absolute Gasteiger partial charge is 0.114 e. The van der Waals surface area contributed by atoms with Crippen LogP contribution in [-0.4, -0.2) is 15.0 Å². The van der Waals surface area contributed by atoms with Crippen LogP contribution < -0.4 is 0 Å². The maximum atomic E-state index is 4.95. The molecule has 0 radical (unpaired) electrons. The van der Waals surface area contributed by atoms with Crippen molar-refractivity contribution in [3.63, 3.8) is 0 Å². The molecule has 0 aliphatic carbocycles. The highest BCUT2D eigenvalue weighted by Crippen LogP contribution is 2.40. The maximum Gasteiger partial charge on any atom is 0.114 e. The van der Waals surface area contributed by atoms with E-state index in [2.05, 4.69) is 65.6 Å². The number of fused-ring (bicyclic) bond motifs is 4. The average Bonchev–Trinajstić information content (AvgIpc) is 3.19. The highest BCUT2D eigenvalue weighted by atomic mass is 14.8. The second-order valence-corrected chi connectivity index (χ2v) is 7.18. The Labute approximate surface area is 167 Å². The number of rotatable bonds is 2. The number of nitrogens with one attached hydrogen (secondary N) is 1. The summed E-state index contributed by atoms with van der Waals surface area (Å²) >= 11 is 0. The van der Waals surface area contributed by atoms with Gasteiger partial charge in [-0.05, 0) is 35.4 Å². The quantitative estimate of drug-likeness (QED) is 0.348. The standard InChI is InChI=1S/C26H17N3/c1-3-9-17(10-4-1)23-19-15-16-22-26(28-21-14-8-7-13-20(21)27-22)25(19)29-24(23)18-11-5-2-6-12-18/h1-16,29H. The van der Waals surface area contributed by atoms with Gasteiger partial charge in [-0.25, -0.2) is 9.97 Å². The molecule has 3 heteroatoms. The lowest BCUT2D eigenvalue weighted by molar-refractivity contribution is 1.39. The van der Waals surface area contributed by atoms with Gasteiger partial charge in [0.15, 0.2) is 0 Å². The maximum absolute atomic E-state index is 4.95. The third-order valence-electron chi connectivity index (χ3n) is 5.41. The van der Waals surface area contributed by atoms with Crippen LogP contribution in [0, 0.1) is 0 Å². The zero-order valence-electron chi connectivity index (χ0n) is 15.6. The van der Waals surface area contributed by atoms with E-state index in [0.29, 0.717) is 0 Å². The van der Waals surface area contributed by atoms with E-state index < -0.39 is 0 Å². The van der Waals surface area contributed by atoms with Crippen molar-refractivity contribution in [2.75, 3.05) is 0 Å². The average molecular weight is 371 g/mol. The lowest BCUT2D eigenvalue weighted by atomic mass is 9.98. The molecule has 0 aliphatic heterocycles. The van der Waals surface area contributed by atoms with Crippen LogP contribution in [-0.2, 0) is 0 Å². The number of hydrogen-bond donors (Lipinski definition) is 1. The Morgan fingerprint density at radius 3 is 1.86 bits per heavy atom. The molecule has 2 aromatic heterocycles. The van der Waals surface area contributed by atoms with Crippen LogP contribution in [0.4, 0.5) is 0 Å². The highest BCUT2D eigenvalue weighted by molar-refractivity contribution is 6.13. The molecular weight excluding hydrogens is 354 g/mol. The monoisotopic (exact) mass is 371 g/mol. The van der Waals surface area contributed by atoms with Gasteiger partial charge in [0.25, 0.3) is 0 Å².